The molecule has 4 amide bonds. The zero-order valence-electron chi connectivity index (χ0n) is 26.7. The second kappa shape index (κ2) is 12.2. The van der Waals surface area contributed by atoms with Gasteiger partial charge in [-0.15, -0.1) is 0 Å². The largest absolute Gasteiger partial charge is 0.461 e. The number of anilines is 2. The molecule has 0 bridgehead atoms. The molecule has 48 heavy (non-hydrogen) atoms. The number of hydrogen-bond acceptors (Lipinski definition) is 6. The van der Waals surface area contributed by atoms with Crippen LogP contribution in [0, 0.1) is 5.92 Å². The number of hydrogen-bond donors (Lipinski definition) is 0. The van der Waals surface area contributed by atoms with Gasteiger partial charge in [-0.1, -0.05) is 62.8 Å². The van der Waals surface area contributed by atoms with Gasteiger partial charge >= 0.3 is 5.97 Å². The van der Waals surface area contributed by atoms with E-state index in [0.717, 1.165) is 24.2 Å². The van der Waals surface area contributed by atoms with Crippen LogP contribution in [-0.4, -0.2) is 29.6 Å². The van der Waals surface area contributed by atoms with Crippen molar-refractivity contribution in [3.8, 4) is 0 Å². The highest BCUT2D eigenvalue weighted by atomic mass is 16.5. The number of nitrogens with zero attached hydrogens (tertiary/aromatic N) is 2. The van der Waals surface area contributed by atoms with Gasteiger partial charge in [-0.05, 0) is 90.8 Å². The summed E-state index contributed by atoms with van der Waals surface area (Å²) in [5, 5.41) is 0.653. The smallest absolute Gasteiger partial charge is 0.306 e. The van der Waals surface area contributed by atoms with Gasteiger partial charge in [0.1, 0.15) is 6.61 Å². The number of esters is 1. The molecule has 0 saturated heterocycles. The SMILES string of the molecule is O=C(CCC1CCCC1)OCc1cccc(N2C(=O)c3ccc4c5c(ccc(c35)C2=O)C(=O)N(c2ccc(C3CCCC3)cc2)C4=O)c1. The van der Waals surface area contributed by atoms with E-state index in [2.05, 4.69) is 0 Å². The minimum absolute atomic E-state index is 0.0382. The van der Waals surface area contributed by atoms with Gasteiger partial charge in [0.05, 0.1) is 11.4 Å². The van der Waals surface area contributed by atoms with Gasteiger partial charge in [0.15, 0.2) is 0 Å². The van der Waals surface area contributed by atoms with Crippen molar-refractivity contribution in [2.75, 3.05) is 9.80 Å². The summed E-state index contributed by atoms with van der Waals surface area (Å²) in [4.78, 5) is 70.4. The first kappa shape index (κ1) is 30.2. The first-order chi connectivity index (χ1) is 23.4. The summed E-state index contributed by atoms with van der Waals surface area (Å²) in [5.41, 5.74) is 3.74. The van der Waals surface area contributed by atoms with E-state index in [0.29, 0.717) is 46.0 Å². The fourth-order valence-electron chi connectivity index (χ4n) is 8.14. The van der Waals surface area contributed by atoms with E-state index in [9.17, 15) is 24.0 Å². The highest BCUT2D eigenvalue weighted by molar-refractivity contribution is 6.42. The molecule has 4 aromatic rings. The van der Waals surface area contributed by atoms with Crippen molar-refractivity contribution < 1.29 is 28.7 Å². The molecule has 2 aliphatic heterocycles. The minimum Gasteiger partial charge on any atom is -0.461 e. The lowest BCUT2D eigenvalue weighted by molar-refractivity contribution is -0.145. The van der Waals surface area contributed by atoms with Crippen molar-refractivity contribution in [1.29, 1.82) is 0 Å². The number of benzene rings is 4. The number of carbonyl (C=O) groups excluding carboxylic acids is 5. The topological polar surface area (TPSA) is 101 Å². The standard InChI is InChI=1S/C40H36N2O6/c43-34(21-12-24-6-1-2-7-24)48-23-25-8-5-11-29(22-25)42-39(46)32-19-17-30-35-31(18-20-33(36(32)35)40(42)47)38(45)41(37(30)44)28-15-13-27(14-16-28)26-9-3-4-10-26/h5,8,11,13-20,22,24,26H,1-4,6-7,9-10,12,21,23H2. The van der Waals surface area contributed by atoms with E-state index in [-0.39, 0.29) is 34.8 Å². The Kier molecular flexibility index (Phi) is 7.66. The molecule has 4 aromatic carbocycles. The molecule has 0 atom stereocenters. The Morgan fingerprint density at radius 2 is 1.15 bits per heavy atom. The Bertz CT molecular complexity index is 1930. The monoisotopic (exact) mass is 640 g/mol. The van der Waals surface area contributed by atoms with Crippen LogP contribution in [0.4, 0.5) is 11.4 Å². The summed E-state index contributed by atoms with van der Waals surface area (Å²) < 4.78 is 5.53. The molecule has 8 heteroatoms. The van der Waals surface area contributed by atoms with Crippen LogP contribution in [0.25, 0.3) is 10.8 Å². The van der Waals surface area contributed by atoms with Crippen molar-refractivity contribution in [3.05, 3.63) is 106 Å². The molecule has 4 aliphatic rings. The number of ether oxygens (including phenoxy) is 1. The van der Waals surface area contributed by atoms with Gasteiger partial charge in [-0.2, -0.15) is 0 Å². The van der Waals surface area contributed by atoms with Crippen LogP contribution < -0.4 is 9.80 Å². The number of imide groups is 2. The number of carbonyl (C=O) groups is 5. The second-order valence-corrected chi connectivity index (χ2v) is 13.6. The molecular formula is C40H36N2O6. The Morgan fingerprint density at radius 3 is 1.71 bits per heavy atom. The van der Waals surface area contributed by atoms with Crippen LogP contribution in [0.1, 0.15) is 123 Å². The zero-order chi connectivity index (χ0) is 32.9. The molecule has 2 heterocycles. The fourth-order valence-corrected chi connectivity index (χ4v) is 8.14. The van der Waals surface area contributed by atoms with Crippen molar-refractivity contribution in [2.45, 2.75) is 76.7 Å². The predicted octanol–water partition coefficient (Wildman–Crippen LogP) is 8.11. The second-order valence-electron chi connectivity index (χ2n) is 13.6. The Labute approximate surface area is 278 Å². The molecule has 0 aromatic heterocycles. The maximum atomic E-state index is 14.0. The van der Waals surface area contributed by atoms with Crippen molar-refractivity contribution in [1.82, 2.24) is 0 Å². The third-order valence-corrected chi connectivity index (χ3v) is 10.7. The lowest BCUT2D eigenvalue weighted by Gasteiger charge is -2.32. The Hall–Kier alpha value is -5.11. The summed E-state index contributed by atoms with van der Waals surface area (Å²) in [6.45, 7) is 0.0382. The third kappa shape index (κ3) is 5.11. The van der Waals surface area contributed by atoms with Crippen LogP contribution in [0.3, 0.4) is 0 Å². The molecule has 8 rings (SSSR count). The van der Waals surface area contributed by atoms with E-state index < -0.39 is 23.6 Å². The van der Waals surface area contributed by atoms with Crippen LogP contribution in [0.15, 0.2) is 72.8 Å². The van der Waals surface area contributed by atoms with Gasteiger partial charge in [0.25, 0.3) is 23.6 Å². The van der Waals surface area contributed by atoms with Gasteiger partial charge in [-0.25, -0.2) is 9.80 Å². The van der Waals surface area contributed by atoms with Gasteiger partial charge in [-0.3, -0.25) is 24.0 Å². The van der Waals surface area contributed by atoms with Crippen molar-refractivity contribution in [3.63, 3.8) is 0 Å². The van der Waals surface area contributed by atoms with Crippen LogP contribution in [0.2, 0.25) is 0 Å². The molecular weight excluding hydrogens is 604 g/mol. The summed E-state index contributed by atoms with van der Waals surface area (Å²) >= 11 is 0. The first-order valence-corrected chi connectivity index (χ1v) is 17.1. The molecule has 2 saturated carbocycles. The number of rotatable bonds is 8. The molecule has 0 radical (unpaired) electrons. The average Bonchev–Trinajstić information content (AvgIpc) is 3.84. The van der Waals surface area contributed by atoms with Crippen LogP contribution in [-0.2, 0) is 16.1 Å². The molecule has 0 spiro atoms. The van der Waals surface area contributed by atoms with Crippen molar-refractivity contribution >= 4 is 51.7 Å². The first-order valence-electron chi connectivity index (χ1n) is 17.1. The number of amides is 4. The molecule has 8 nitrogen and oxygen atoms in total. The lowest BCUT2D eigenvalue weighted by Crippen LogP contribution is -2.43. The third-order valence-electron chi connectivity index (χ3n) is 10.7. The molecule has 2 fully saturated rings. The van der Waals surface area contributed by atoms with E-state index in [1.807, 2.05) is 24.3 Å². The van der Waals surface area contributed by atoms with E-state index >= 15 is 0 Å². The lowest BCUT2D eigenvalue weighted by atomic mass is 9.85. The molecule has 0 N–H and O–H groups in total. The molecule has 242 valence electrons. The quantitative estimate of drug-likeness (QED) is 0.142. The molecule has 0 unspecified atom stereocenters. The van der Waals surface area contributed by atoms with Gasteiger partial charge in [0.2, 0.25) is 0 Å². The normalized spacial score (nSPS) is 18.0. The van der Waals surface area contributed by atoms with E-state index in [4.69, 9.17) is 4.74 Å². The van der Waals surface area contributed by atoms with E-state index in [1.165, 1.54) is 49.0 Å². The average molecular weight is 641 g/mol. The maximum Gasteiger partial charge on any atom is 0.306 e. The highest BCUT2D eigenvalue weighted by Crippen LogP contribution is 2.41. The van der Waals surface area contributed by atoms with Gasteiger partial charge in [0, 0.05) is 39.4 Å². The summed E-state index contributed by atoms with van der Waals surface area (Å²) in [6.07, 6.45) is 10.8. The van der Waals surface area contributed by atoms with Gasteiger partial charge < -0.3 is 4.74 Å². The fraction of sp³-hybridized carbons (Fsp3) is 0.325. The summed E-state index contributed by atoms with van der Waals surface area (Å²) in [5.74, 6) is -1.23. The molecule has 2 aliphatic carbocycles. The van der Waals surface area contributed by atoms with Crippen LogP contribution in [0.5, 0.6) is 0 Å². The maximum absolute atomic E-state index is 14.0. The summed E-state index contributed by atoms with van der Waals surface area (Å²) in [6, 6.07) is 20.8. The Balaban J connectivity index is 1.05. The highest BCUT2D eigenvalue weighted by Gasteiger charge is 2.40. The Morgan fingerprint density at radius 1 is 0.625 bits per heavy atom. The predicted molar refractivity (Wildman–Crippen MR) is 181 cm³/mol. The zero-order valence-corrected chi connectivity index (χ0v) is 26.7. The summed E-state index contributed by atoms with van der Waals surface area (Å²) in [7, 11) is 0. The minimum atomic E-state index is -0.549. The van der Waals surface area contributed by atoms with Crippen molar-refractivity contribution in [2.24, 2.45) is 5.92 Å². The van der Waals surface area contributed by atoms with Crippen LogP contribution >= 0.6 is 0 Å². The van der Waals surface area contributed by atoms with E-state index in [1.54, 1.807) is 48.5 Å².